The molecule has 0 saturated heterocycles. The molecule has 0 atom stereocenters. The molecule has 1 amide bonds. The van der Waals surface area contributed by atoms with Gasteiger partial charge in [0.05, 0.1) is 17.7 Å². The molecule has 0 fully saturated rings. The van der Waals surface area contributed by atoms with Gasteiger partial charge in [0.15, 0.2) is 5.76 Å². The van der Waals surface area contributed by atoms with Crippen molar-refractivity contribution in [3.63, 3.8) is 0 Å². The molecule has 8 nitrogen and oxygen atoms in total. The lowest BCUT2D eigenvalue weighted by Gasteiger charge is -2.07. The van der Waals surface area contributed by atoms with Gasteiger partial charge in [-0.1, -0.05) is 23.7 Å². The SMILES string of the molecule is COc1ccc(C(=O)c2oc3ccccc3c2NC(=O)c2ccc(Cl)c([N+](=O)[O-])c2)cc1. The number of nitrogens with zero attached hydrogens (tertiary/aromatic N) is 1. The number of fused-ring (bicyclic) bond motifs is 1. The number of halogens is 1. The maximum atomic E-state index is 13.1. The molecule has 0 aliphatic carbocycles. The molecule has 1 N–H and O–H groups in total. The second kappa shape index (κ2) is 8.52. The van der Waals surface area contributed by atoms with E-state index >= 15 is 0 Å². The summed E-state index contributed by atoms with van der Waals surface area (Å²) in [5, 5.41) is 14.2. The summed E-state index contributed by atoms with van der Waals surface area (Å²) in [6.45, 7) is 0. The number of amides is 1. The van der Waals surface area contributed by atoms with Crippen molar-refractivity contribution in [3.05, 3.63) is 98.8 Å². The molecule has 0 radical (unpaired) electrons. The Bertz CT molecular complexity index is 1360. The van der Waals surface area contributed by atoms with E-state index in [1.807, 2.05) is 0 Å². The second-order valence-electron chi connectivity index (χ2n) is 6.74. The van der Waals surface area contributed by atoms with Crippen LogP contribution < -0.4 is 10.1 Å². The highest BCUT2D eigenvalue weighted by molar-refractivity contribution is 6.32. The fraction of sp³-hybridized carbons (Fsp3) is 0.0435. The van der Waals surface area contributed by atoms with Gasteiger partial charge in [-0.3, -0.25) is 19.7 Å². The van der Waals surface area contributed by atoms with Crippen LogP contribution in [0.2, 0.25) is 5.02 Å². The van der Waals surface area contributed by atoms with Gasteiger partial charge in [-0.05, 0) is 48.5 Å². The molecule has 1 heterocycles. The van der Waals surface area contributed by atoms with Crippen LogP contribution in [-0.4, -0.2) is 23.7 Å². The summed E-state index contributed by atoms with van der Waals surface area (Å²) in [6, 6.07) is 17.0. The number of hydrogen-bond acceptors (Lipinski definition) is 6. The zero-order valence-corrected chi connectivity index (χ0v) is 17.4. The van der Waals surface area contributed by atoms with Crippen LogP contribution >= 0.6 is 11.6 Å². The zero-order chi connectivity index (χ0) is 22.8. The smallest absolute Gasteiger partial charge is 0.288 e. The summed E-state index contributed by atoms with van der Waals surface area (Å²) in [7, 11) is 1.52. The molecule has 3 aromatic carbocycles. The van der Waals surface area contributed by atoms with E-state index in [2.05, 4.69) is 5.32 Å². The van der Waals surface area contributed by atoms with E-state index < -0.39 is 22.3 Å². The Morgan fingerprint density at radius 3 is 2.41 bits per heavy atom. The lowest BCUT2D eigenvalue weighted by atomic mass is 10.1. The Balaban J connectivity index is 1.75. The van der Waals surface area contributed by atoms with Crippen LogP contribution in [0.3, 0.4) is 0 Å². The maximum absolute atomic E-state index is 13.1. The van der Waals surface area contributed by atoms with Gasteiger partial charge in [0, 0.05) is 22.6 Å². The van der Waals surface area contributed by atoms with E-state index in [1.165, 1.54) is 19.2 Å². The van der Waals surface area contributed by atoms with Gasteiger partial charge in [0.1, 0.15) is 16.4 Å². The number of nitro groups is 1. The molecule has 0 unspecified atom stereocenters. The van der Waals surface area contributed by atoms with Crippen molar-refractivity contribution in [1.82, 2.24) is 0 Å². The Labute approximate surface area is 186 Å². The van der Waals surface area contributed by atoms with Gasteiger partial charge in [-0.2, -0.15) is 0 Å². The summed E-state index contributed by atoms with van der Waals surface area (Å²) >= 11 is 5.83. The number of nitro benzene ring substituents is 1. The minimum atomic E-state index is -0.676. The minimum Gasteiger partial charge on any atom is -0.497 e. The fourth-order valence-electron chi connectivity index (χ4n) is 3.18. The Kier molecular flexibility index (Phi) is 5.61. The minimum absolute atomic E-state index is 0.00854. The summed E-state index contributed by atoms with van der Waals surface area (Å²) in [4.78, 5) is 36.5. The van der Waals surface area contributed by atoms with E-state index in [-0.39, 0.29) is 22.0 Å². The van der Waals surface area contributed by atoms with Crippen molar-refractivity contribution in [2.24, 2.45) is 0 Å². The molecular formula is C23H15ClN2O6. The Morgan fingerprint density at radius 1 is 1.03 bits per heavy atom. The predicted octanol–water partition coefficient (Wildman–Crippen LogP) is 5.49. The van der Waals surface area contributed by atoms with Crippen LogP contribution in [0.15, 0.2) is 71.1 Å². The molecule has 0 spiro atoms. The third-order valence-corrected chi connectivity index (χ3v) is 5.12. The number of carbonyl (C=O) groups excluding carboxylic acids is 2. The third-order valence-electron chi connectivity index (χ3n) is 4.80. The van der Waals surface area contributed by atoms with Gasteiger partial charge < -0.3 is 14.5 Å². The number of hydrogen-bond donors (Lipinski definition) is 1. The monoisotopic (exact) mass is 450 g/mol. The number of carbonyl (C=O) groups is 2. The number of ketones is 1. The maximum Gasteiger partial charge on any atom is 0.288 e. The van der Waals surface area contributed by atoms with Crippen molar-refractivity contribution in [2.45, 2.75) is 0 Å². The van der Waals surface area contributed by atoms with E-state index in [1.54, 1.807) is 48.5 Å². The number of ether oxygens (including phenoxy) is 1. The number of benzene rings is 3. The average molecular weight is 451 g/mol. The first-order valence-electron chi connectivity index (χ1n) is 9.34. The van der Waals surface area contributed by atoms with Crippen LogP contribution in [0.1, 0.15) is 26.5 Å². The van der Waals surface area contributed by atoms with Crippen LogP contribution in [0.4, 0.5) is 11.4 Å². The number of furan rings is 1. The lowest BCUT2D eigenvalue weighted by molar-refractivity contribution is -0.384. The highest BCUT2D eigenvalue weighted by Gasteiger charge is 2.25. The normalized spacial score (nSPS) is 10.7. The number of para-hydroxylation sites is 1. The summed E-state index contributed by atoms with van der Waals surface area (Å²) < 4.78 is 10.9. The van der Waals surface area contributed by atoms with Crippen LogP contribution in [0.25, 0.3) is 11.0 Å². The highest BCUT2D eigenvalue weighted by atomic mass is 35.5. The van der Waals surface area contributed by atoms with Crippen molar-refractivity contribution >= 4 is 45.6 Å². The molecule has 32 heavy (non-hydrogen) atoms. The predicted molar refractivity (Wildman–Crippen MR) is 119 cm³/mol. The van der Waals surface area contributed by atoms with Gasteiger partial charge in [0.2, 0.25) is 5.78 Å². The Hall–Kier alpha value is -4.17. The molecule has 0 saturated carbocycles. The van der Waals surface area contributed by atoms with Gasteiger partial charge in [-0.25, -0.2) is 0 Å². The van der Waals surface area contributed by atoms with Crippen LogP contribution in [-0.2, 0) is 0 Å². The van der Waals surface area contributed by atoms with E-state index in [0.717, 1.165) is 6.07 Å². The fourth-order valence-corrected chi connectivity index (χ4v) is 3.37. The van der Waals surface area contributed by atoms with E-state index in [0.29, 0.717) is 22.3 Å². The molecule has 4 rings (SSSR count). The topological polar surface area (TPSA) is 112 Å². The quantitative estimate of drug-likeness (QED) is 0.236. The van der Waals surface area contributed by atoms with Gasteiger partial charge in [-0.15, -0.1) is 0 Å². The van der Waals surface area contributed by atoms with Crippen LogP contribution in [0.5, 0.6) is 5.75 Å². The summed E-state index contributed by atoms with van der Waals surface area (Å²) in [5.41, 5.74) is 0.522. The molecule has 0 aliphatic heterocycles. The molecular weight excluding hydrogens is 436 g/mol. The number of methoxy groups -OCH3 is 1. The zero-order valence-electron chi connectivity index (χ0n) is 16.6. The van der Waals surface area contributed by atoms with Crippen molar-refractivity contribution in [2.75, 3.05) is 12.4 Å². The van der Waals surface area contributed by atoms with Gasteiger partial charge >= 0.3 is 0 Å². The Morgan fingerprint density at radius 2 is 1.72 bits per heavy atom. The first kappa shape index (κ1) is 21.1. The highest BCUT2D eigenvalue weighted by Crippen LogP contribution is 2.33. The lowest BCUT2D eigenvalue weighted by Crippen LogP contribution is -2.14. The molecule has 160 valence electrons. The molecule has 0 bridgehead atoms. The number of nitrogens with one attached hydrogen (secondary N) is 1. The number of rotatable bonds is 6. The molecule has 1 aromatic heterocycles. The summed E-state index contributed by atoms with van der Waals surface area (Å²) in [6.07, 6.45) is 0. The van der Waals surface area contributed by atoms with Crippen molar-refractivity contribution < 1.29 is 23.7 Å². The standard InChI is InChI=1S/C23H15ClN2O6/c1-31-15-9-6-13(7-10-15)21(27)22-20(16-4-2-3-5-19(16)32-22)25-23(28)14-8-11-17(24)18(12-14)26(29)30/h2-12H,1H3,(H,25,28). The number of anilines is 1. The van der Waals surface area contributed by atoms with Gasteiger partial charge in [0.25, 0.3) is 11.6 Å². The van der Waals surface area contributed by atoms with Crippen LogP contribution in [0, 0.1) is 10.1 Å². The molecule has 4 aromatic rings. The second-order valence-corrected chi connectivity index (χ2v) is 7.14. The van der Waals surface area contributed by atoms with Crippen molar-refractivity contribution in [1.29, 1.82) is 0 Å². The third kappa shape index (κ3) is 3.91. The molecule has 0 aliphatic rings. The average Bonchev–Trinajstić information content (AvgIpc) is 3.17. The molecule has 9 heteroatoms. The first-order chi connectivity index (χ1) is 15.4. The summed E-state index contributed by atoms with van der Waals surface area (Å²) in [5.74, 6) is -0.571. The van der Waals surface area contributed by atoms with Crippen molar-refractivity contribution in [3.8, 4) is 5.75 Å². The van der Waals surface area contributed by atoms with E-state index in [9.17, 15) is 19.7 Å². The van der Waals surface area contributed by atoms with E-state index in [4.69, 9.17) is 20.8 Å². The first-order valence-corrected chi connectivity index (χ1v) is 9.72. The largest absolute Gasteiger partial charge is 0.497 e.